The molecule has 1 atom stereocenters. The normalized spacial score (nSPS) is 11.6. The number of rotatable bonds is 9. The van der Waals surface area contributed by atoms with Gasteiger partial charge in [0.05, 0.1) is 18.8 Å². The van der Waals surface area contributed by atoms with E-state index in [1.165, 1.54) is 12.1 Å². The molecule has 162 valence electrons. The van der Waals surface area contributed by atoms with Crippen molar-refractivity contribution in [3.63, 3.8) is 0 Å². The van der Waals surface area contributed by atoms with Crippen LogP contribution in [0.15, 0.2) is 79.3 Å². The lowest BCUT2D eigenvalue weighted by molar-refractivity contribution is 0.276. The molecule has 0 spiro atoms. The van der Waals surface area contributed by atoms with E-state index in [9.17, 15) is 9.50 Å². The van der Waals surface area contributed by atoms with Gasteiger partial charge in [-0.3, -0.25) is 4.98 Å². The fraction of sp³-hybridized carbons (Fsp3) is 0.130. The minimum Gasteiger partial charge on any atom is -0.394 e. The third-order valence-electron chi connectivity index (χ3n) is 4.62. The first-order chi connectivity index (χ1) is 15.7. The summed E-state index contributed by atoms with van der Waals surface area (Å²) in [5.74, 6) is 1.60. The molecule has 0 radical (unpaired) electrons. The maximum Gasteiger partial charge on any atom is 0.226 e. The first-order valence-corrected chi connectivity index (χ1v) is 10.0. The van der Waals surface area contributed by atoms with E-state index in [-0.39, 0.29) is 18.5 Å². The van der Waals surface area contributed by atoms with E-state index in [2.05, 4.69) is 35.9 Å². The number of nitrogens with one attached hydrogen (secondary N) is 3. The number of benzene rings is 2. The Morgan fingerprint density at radius 1 is 0.906 bits per heavy atom. The Hall–Kier alpha value is -4.11. The second-order valence-corrected chi connectivity index (χ2v) is 6.95. The molecular formula is C23H22FN7O. The van der Waals surface area contributed by atoms with Crippen molar-refractivity contribution < 1.29 is 9.50 Å². The second-order valence-electron chi connectivity index (χ2n) is 6.95. The summed E-state index contributed by atoms with van der Waals surface area (Å²) < 4.78 is 13.2. The van der Waals surface area contributed by atoms with Gasteiger partial charge in [-0.05, 0) is 23.3 Å². The minimum atomic E-state index is -0.347. The topological polar surface area (TPSA) is 108 Å². The summed E-state index contributed by atoms with van der Waals surface area (Å²) in [6.07, 6.45) is 4.74. The van der Waals surface area contributed by atoms with Gasteiger partial charge in [0.15, 0.2) is 0 Å². The molecule has 0 saturated carbocycles. The van der Waals surface area contributed by atoms with Crippen LogP contribution in [-0.2, 0) is 6.54 Å². The summed E-state index contributed by atoms with van der Waals surface area (Å²) in [5.41, 5.74) is 1.81. The molecule has 4 N–H and O–H groups in total. The van der Waals surface area contributed by atoms with Crippen LogP contribution in [0.1, 0.15) is 17.2 Å². The van der Waals surface area contributed by atoms with Crippen LogP contribution in [0.5, 0.6) is 0 Å². The fourth-order valence-corrected chi connectivity index (χ4v) is 3.04. The molecule has 0 fully saturated rings. The van der Waals surface area contributed by atoms with Crippen LogP contribution in [0.3, 0.4) is 0 Å². The molecule has 2 heterocycles. The zero-order chi connectivity index (χ0) is 22.2. The Labute approximate surface area is 184 Å². The van der Waals surface area contributed by atoms with Crippen molar-refractivity contribution in [3.05, 3.63) is 96.2 Å². The van der Waals surface area contributed by atoms with E-state index in [4.69, 9.17) is 0 Å². The molecule has 2 aromatic carbocycles. The van der Waals surface area contributed by atoms with Gasteiger partial charge < -0.3 is 21.1 Å². The Bertz CT molecular complexity index is 1130. The monoisotopic (exact) mass is 431 g/mol. The van der Waals surface area contributed by atoms with Gasteiger partial charge >= 0.3 is 0 Å². The maximum absolute atomic E-state index is 13.2. The summed E-state index contributed by atoms with van der Waals surface area (Å²) in [4.78, 5) is 17.3. The van der Waals surface area contributed by atoms with Crippen LogP contribution in [0, 0.1) is 5.82 Å². The van der Waals surface area contributed by atoms with Crippen molar-refractivity contribution >= 4 is 23.4 Å². The predicted octanol–water partition coefficient (Wildman–Crippen LogP) is 3.91. The zero-order valence-corrected chi connectivity index (χ0v) is 17.1. The number of halogens is 1. The third-order valence-corrected chi connectivity index (χ3v) is 4.62. The number of anilines is 4. The van der Waals surface area contributed by atoms with Gasteiger partial charge in [0.1, 0.15) is 23.3 Å². The highest BCUT2D eigenvalue weighted by Crippen LogP contribution is 2.22. The molecule has 2 aromatic heterocycles. The Balaban J connectivity index is 1.58. The largest absolute Gasteiger partial charge is 0.394 e. The van der Waals surface area contributed by atoms with E-state index in [1.54, 1.807) is 36.8 Å². The first kappa shape index (κ1) is 21.1. The van der Waals surface area contributed by atoms with Crippen molar-refractivity contribution in [2.75, 3.05) is 22.6 Å². The summed E-state index contributed by atoms with van der Waals surface area (Å²) in [6.45, 7) is 0.301. The van der Waals surface area contributed by atoms with Crippen molar-refractivity contribution in [3.8, 4) is 0 Å². The molecule has 4 aromatic rings. The molecule has 0 amide bonds. The lowest BCUT2D eigenvalue weighted by Crippen LogP contribution is -2.17. The minimum absolute atomic E-state index is 0.112. The van der Waals surface area contributed by atoms with Crippen LogP contribution < -0.4 is 16.0 Å². The smallest absolute Gasteiger partial charge is 0.226 e. The zero-order valence-electron chi connectivity index (χ0n) is 17.1. The van der Waals surface area contributed by atoms with Crippen molar-refractivity contribution in [2.45, 2.75) is 12.6 Å². The first-order valence-electron chi connectivity index (χ1n) is 10.0. The summed E-state index contributed by atoms with van der Waals surface area (Å²) in [5, 5.41) is 19.4. The Morgan fingerprint density at radius 2 is 1.69 bits per heavy atom. The average Bonchev–Trinajstić information content (AvgIpc) is 2.83. The molecule has 0 aliphatic heterocycles. The molecule has 8 nitrogen and oxygen atoms in total. The van der Waals surface area contributed by atoms with E-state index in [0.717, 1.165) is 11.1 Å². The van der Waals surface area contributed by atoms with E-state index in [1.807, 2.05) is 30.3 Å². The van der Waals surface area contributed by atoms with Gasteiger partial charge in [-0.15, -0.1) is 0 Å². The summed E-state index contributed by atoms with van der Waals surface area (Å²) in [6, 6.07) is 17.2. The molecule has 0 saturated heterocycles. The highest BCUT2D eigenvalue weighted by Gasteiger charge is 2.13. The summed E-state index contributed by atoms with van der Waals surface area (Å²) >= 11 is 0. The summed E-state index contributed by atoms with van der Waals surface area (Å²) in [7, 11) is 0. The quantitative estimate of drug-likeness (QED) is 0.316. The third kappa shape index (κ3) is 5.73. The van der Waals surface area contributed by atoms with Crippen molar-refractivity contribution in [2.24, 2.45) is 0 Å². The molecule has 0 bridgehead atoms. The molecule has 0 aliphatic carbocycles. The van der Waals surface area contributed by atoms with Crippen molar-refractivity contribution in [1.82, 2.24) is 19.9 Å². The molecule has 32 heavy (non-hydrogen) atoms. The van der Waals surface area contributed by atoms with Gasteiger partial charge in [0.25, 0.3) is 0 Å². The van der Waals surface area contributed by atoms with Gasteiger partial charge in [-0.25, -0.2) is 9.37 Å². The maximum atomic E-state index is 13.2. The number of aliphatic hydroxyl groups is 1. The number of hydrogen-bond acceptors (Lipinski definition) is 8. The molecule has 4 rings (SSSR count). The number of aliphatic hydroxyl groups excluding tert-OH is 1. The lowest BCUT2D eigenvalue weighted by atomic mass is 10.1. The van der Waals surface area contributed by atoms with Gasteiger partial charge in [-0.1, -0.05) is 42.5 Å². The Kier molecular flexibility index (Phi) is 6.78. The highest BCUT2D eigenvalue weighted by atomic mass is 19.1. The van der Waals surface area contributed by atoms with Crippen LogP contribution in [0.2, 0.25) is 0 Å². The van der Waals surface area contributed by atoms with Crippen LogP contribution in [-0.4, -0.2) is 31.6 Å². The van der Waals surface area contributed by atoms with Gasteiger partial charge in [0.2, 0.25) is 5.95 Å². The fourth-order valence-electron chi connectivity index (χ4n) is 3.04. The molecule has 9 heteroatoms. The highest BCUT2D eigenvalue weighted by molar-refractivity contribution is 5.58. The standard InChI is InChI=1S/C23H22FN7O/c24-18-8-6-16(7-9-18)13-27-23-30-20(28-19(15-32)17-4-2-1-3-5-17)12-21(31-23)29-22-14-25-10-11-26-22/h1-12,14,19,32H,13,15H2,(H3,26,27,28,29,30,31)/t19-/m1/s1. The number of hydrogen-bond donors (Lipinski definition) is 4. The van der Waals surface area contributed by atoms with E-state index in [0.29, 0.717) is 29.9 Å². The van der Waals surface area contributed by atoms with Crippen molar-refractivity contribution in [1.29, 1.82) is 0 Å². The SMILES string of the molecule is OC[C@@H](Nc1cc(Nc2cnccn2)nc(NCc2ccc(F)cc2)n1)c1ccccc1. The number of nitrogens with zero attached hydrogens (tertiary/aromatic N) is 4. The molecular weight excluding hydrogens is 409 g/mol. The average molecular weight is 431 g/mol. The molecule has 0 aliphatic rings. The molecule has 0 unspecified atom stereocenters. The van der Waals surface area contributed by atoms with Crippen LogP contribution in [0.4, 0.5) is 27.8 Å². The number of aromatic nitrogens is 4. The van der Waals surface area contributed by atoms with Crippen LogP contribution >= 0.6 is 0 Å². The van der Waals surface area contributed by atoms with Gasteiger partial charge in [0, 0.05) is 25.0 Å². The second kappa shape index (κ2) is 10.3. The lowest BCUT2D eigenvalue weighted by Gasteiger charge is -2.18. The van der Waals surface area contributed by atoms with Crippen LogP contribution in [0.25, 0.3) is 0 Å². The van der Waals surface area contributed by atoms with E-state index < -0.39 is 0 Å². The van der Waals surface area contributed by atoms with E-state index >= 15 is 0 Å². The predicted molar refractivity (Wildman–Crippen MR) is 121 cm³/mol. The van der Waals surface area contributed by atoms with Gasteiger partial charge in [-0.2, -0.15) is 9.97 Å². The Morgan fingerprint density at radius 3 is 2.41 bits per heavy atom.